The van der Waals surface area contributed by atoms with Crippen LogP contribution in [0.3, 0.4) is 0 Å². The van der Waals surface area contributed by atoms with Gasteiger partial charge in [-0.3, -0.25) is 0 Å². The number of aryl methyl sites for hydroxylation is 1. The molecule has 0 amide bonds. The average Bonchev–Trinajstić information content (AvgIpc) is 2.93. The molecule has 0 saturated carbocycles. The number of rotatable bonds is 4. The first-order valence-electron chi connectivity index (χ1n) is 7.51. The molecule has 112 valence electrons. The molecule has 21 heavy (non-hydrogen) atoms. The molecule has 0 aliphatic carbocycles. The van der Waals surface area contributed by atoms with E-state index in [1.54, 1.807) is 6.33 Å². The molecular formula is C16H22N4S. The van der Waals surface area contributed by atoms with Gasteiger partial charge < -0.3 is 10.2 Å². The van der Waals surface area contributed by atoms with Gasteiger partial charge in [0.25, 0.3) is 0 Å². The molecule has 1 N–H and O–H groups in total. The van der Waals surface area contributed by atoms with Gasteiger partial charge in [-0.25, -0.2) is 9.97 Å². The Morgan fingerprint density at radius 1 is 1.43 bits per heavy atom. The van der Waals surface area contributed by atoms with Crippen LogP contribution in [-0.4, -0.2) is 30.1 Å². The molecule has 0 spiro atoms. The van der Waals surface area contributed by atoms with E-state index in [9.17, 15) is 0 Å². The lowest BCUT2D eigenvalue weighted by Crippen LogP contribution is -2.29. The monoisotopic (exact) mass is 302 g/mol. The van der Waals surface area contributed by atoms with Crippen molar-refractivity contribution in [1.82, 2.24) is 15.3 Å². The molecule has 3 heterocycles. The third-order valence-corrected chi connectivity index (χ3v) is 5.14. The first-order valence-corrected chi connectivity index (χ1v) is 8.39. The summed E-state index contributed by atoms with van der Waals surface area (Å²) in [5, 5.41) is 5.60. The van der Waals surface area contributed by atoms with E-state index in [0.29, 0.717) is 5.92 Å². The minimum Gasteiger partial charge on any atom is -0.354 e. The molecule has 1 fully saturated rings. The Bertz CT molecular complexity index is 589. The fraction of sp³-hybridized carbons (Fsp3) is 0.500. The van der Waals surface area contributed by atoms with Crippen molar-refractivity contribution in [2.24, 2.45) is 0 Å². The van der Waals surface area contributed by atoms with Crippen LogP contribution in [0.15, 0.2) is 23.8 Å². The Labute approximate surface area is 130 Å². The lowest BCUT2D eigenvalue weighted by molar-refractivity contribution is 0.454. The van der Waals surface area contributed by atoms with Crippen LogP contribution >= 0.6 is 11.3 Å². The van der Waals surface area contributed by atoms with Crippen LogP contribution in [0.1, 0.15) is 34.9 Å². The molecule has 2 aromatic heterocycles. The molecule has 0 radical (unpaired) electrons. The highest BCUT2D eigenvalue weighted by molar-refractivity contribution is 7.10. The van der Waals surface area contributed by atoms with Crippen molar-refractivity contribution in [2.75, 3.05) is 25.0 Å². The largest absolute Gasteiger partial charge is 0.354 e. The Hall–Kier alpha value is -1.46. The second kappa shape index (κ2) is 6.54. The SMILES string of the molecule is Cc1ccsc1CN(C)c1cc([C@H]2CCCNC2)ncn1. The van der Waals surface area contributed by atoms with E-state index < -0.39 is 0 Å². The predicted octanol–water partition coefficient (Wildman–Crippen LogP) is 2.95. The average molecular weight is 302 g/mol. The molecule has 0 unspecified atom stereocenters. The zero-order valence-electron chi connectivity index (χ0n) is 12.7. The van der Waals surface area contributed by atoms with Crippen LogP contribution in [0.25, 0.3) is 0 Å². The fourth-order valence-corrected chi connectivity index (χ4v) is 3.72. The molecule has 3 rings (SSSR count). The lowest BCUT2D eigenvalue weighted by Gasteiger charge is -2.24. The summed E-state index contributed by atoms with van der Waals surface area (Å²) in [6, 6.07) is 4.33. The summed E-state index contributed by atoms with van der Waals surface area (Å²) in [7, 11) is 2.10. The summed E-state index contributed by atoms with van der Waals surface area (Å²) in [6.45, 7) is 5.23. The van der Waals surface area contributed by atoms with Gasteiger partial charge >= 0.3 is 0 Å². The van der Waals surface area contributed by atoms with E-state index in [0.717, 1.165) is 25.5 Å². The van der Waals surface area contributed by atoms with Crippen molar-refractivity contribution in [3.05, 3.63) is 40.0 Å². The van der Waals surface area contributed by atoms with Crippen LogP contribution in [0.4, 0.5) is 5.82 Å². The van der Waals surface area contributed by atoms with E-state index in [1.807, 2.05) is 11.3 Å². The van der Waals surface area contributed by atoms with E-state index in [-0.39, 0.29) is 0 Å². The topological polar surface area (TPSA) is 41.0 Å². The summed E-state index contributed by atoms with van der Waals surface area (Å²) < 4.78 is 0. The number of nitrogens with zero attached hydrogens (tertiary/aromatic N) is 3. The van der Waals surface area contributed by atoms with Gasteiger partial charge in [0.1, 0.15) is 12.1 Å². The molecule has 2 aromatic rings. The highest BCUT2D eigenvalue weighted by Gasteiger charge is 2.17. The van der Waals surface area contributed by atoms with Gasteiger partial charge in [-0.05, 0) is 43.3 Å². The first-order chi connectivity index (χ1) is 10.2. The van der Waals surface area contributed by atoms with Gasteiger partial charge in [0.2, 0.25) is 0 Å². The maximum absolute atomic E-state index is 4.48. The second-order valence-electron chi connectivity index (χ2n) is 5.73. The Kier molecular flexibility index (Phi) is 4.51. The number of hydrogen-bond acceptors (Lipinski definition) is 5. The summed E-state index contributed by atoms with van der Waals surface area (Å²) in [5.41, 5.74) is 2.53. The quantitative estimate of drug-likeness (QED) is 0.943. The summed E-state index contributed by atoms with van der Waals surface area (Å²) >= 11 is 1.81. The van der Waals surface area contributed by atoms with Crippen molar-refractivity contribution in [2.45, 2.75) is 32.2 Å². The maximum atomic E-state index is 4.48. The van der Waals surface area contributed by atoms with Crippen molar-refractivity contribution in [3.8, 4) is 0 Å². The summed E-state index contributed by atoms with van der Waals surface area (Å²) in [5.74, 6) is 1.54. The zero-order chi connectivity index (χ0) is 14.7. The standard InChI is InChI=1S/C16H22N4S/c1-12-5-7-21-15(12)10-20(2)16-8-14(18-11-19-16)13-4-3-6-17-9-13/h5,7-8,11,13,17H,3-4,6,9-10H2,1-2H3/t13-/m0/s1. The van der Waals surface area contributed by atoms with Gasteiger partial charge in [0.15, 0.2) is 0 Å². The van der Waals surface area contributed by atoms with Gasteiger partial charge in [-0.1, -0.05) is 0 Å². The van der Waals surface area contributed by atoms with Crippen molar-refractivity contribution in [1.29, 1.82) is 0 Å². The molecule has 0 bridgehead atoms. The third-order valence-electron chi connectivity index (χ3n) is 4.13. The van der Waals surface area contributed by atoms with Crippen LogP contribution in [0.2, 0.25) is 0 Å². The van der Waals surface area contributed by atoms with Crippen LogP contribution in [-0.2, 0) is 6.54 Å². The maximum Gasteiger partial charge on any atom is 0.132 e. The number of nitrogens with one attached hydrogen (secondary N) is 1. The van der Waals surface area contributed by atoms with E-state index in [2.05, 4.69) is 51.7 Å². The fourth-order valence-electron chi connectivity index (χ4n) is 2.76. The van der Waals surface area contributed by atoms with Gasteiger partial charge in [-0.2, -0.15) is 0 Å². The van der Waals surface area contributed by atoms with Gasteiger partial charge in [0, 0.05) is 30.5 Å². The molecule has 1 atom stereocenters. The van der Waals surface area contributed by atoms with E-state index >= 15 is 0 Å². The highest BCUT2D eigenvalue weighted by Crippen LogP contribution is 2.25. The Balaban J connectivity index is 1.74. The van der Waals surface area contributed by atoms with Crippen LogP contribution in [0.5, 0.6) is 0 Å². The zero-order valence-corrected chi connectivity index (χ0v) is 13.5. The van der Waals surface area contributed by atoms with E-state index in [4.69, 9.17) is 0 Å². The van der Waals surface area contributed by atoms with Gasteiger partial charge in [-0.15, -0.1) is 11.3 Å². The molecule has 4 nitrogen and oxygen atoms in total. The van der Waals surface area contributed by atoms with Crippen LogP contribution in [0, 0.1) is 6.92 Å². The minimum absolute atomic E-state index is 0.525. The van der Waals surface area contributed by atoms with Crippen molar-refractivity contribution in [3.63, 3.8) is 0 Å². The van der Waals surface area contributed by atoms with Gasteiger partial charge in [0.05, 0.1) is 12.2 Å². The summed E-state index contributed by atoms with van der Waals surface area (Å²) in [6.07, 6.45) is 4.16. The number of anilines is 1. The number of hydrogen-bond donors (Lipinski definition) is 1. The summed E-state index contributed by atoms with van der Waals surface area (Å²) in [4.78, 5) is 12.5. The number of piperidine rings is 1. The normalized spacial score (nSPS) is 18.7. The Morgan fingerprint density at radius 3 is 3.05 bits per heavy atom. The lowest BCUT2D eigenvalue weighted by atomic mass is 9.96. The van der Waals surface area contributed by atoms with Crippen molar-refractivity contribution < 1.29 is 0 Å². The van der Waals surface area contributed by atoms with E-state index in [1.165, 1.54) is 29.0 Å². The molecule has 5 heteroatoms. The molecular weight excluding hydrogens is 280 g/mol. The molecule has 1 aliphatic heterocycles. The highest BCUT2D eigenvalue weighted by atomic mass is 32.1. The smallest absolute Gasteiger partial charge is 0.132 e. The number of aromatic nitrogens is 2. The molecule has 0 aromatic carbocycles. The predicted molar refractivity (Wildman–Crippen MR) is 88.0 cm³/mol. The second-order valence-corrected chi connectivity index (χ2v) is 6.73. The third kappa shape index (κ3) is 3.41. The first kappa shape index (κ1) is 14.5. The van der Waals surface area contributed by atoms with Crippen LogP contribution < -0.4 is 10.2 Å². The molecule has 1 aliphatic rings. The molecule has 1 saturated heterocycles. The Morgan fingerprint density at radius 2 is 2.33 bits per heavy atom. The minimum atomic E-state index is 0.525. The number of thiophene rings is 1. The van der Waals surface area contributed by atoms with Crippen molar-refractivity contribution >= 4 is 17.2 Å².